The summed E-state index contributed by atoms with van der Waals surface area (Å²) in [7, 11) is 0. The van der Waals surface area contributed by atoms with Crippen molar-refractivity contribution in [2.24, 2.45) is 5.92 Å². The van der Waals surface area contributed by atoms with Crippen LogP contribution in [0.5, 0.6) is 0 Å². The highest BCUT2D eigenvalue weighted by molar-refractivity contribution is 5.80. The lowest BCUT2D eigenvalue weighted by atomic mass is 10.1. The standard InChI is InChI=1S/C14H20N4O/c19-13(11-4-5-11)16-10-12-6-7-15-14(17-12)18-8-2-1-3-9-18/h6-7,11H,1-5,8-10H2,(H,16,19). The maximum Gasteiger partial charge on any atom is 0.225 e. The van der Waals surface area contributed by atoms with Gasteiger partial charge in [-0.2, -0.15) is 0 Å². The zero-order chi connectivity index (χ0) is 13.1. The Morgan fingerprint density at radius 1 is 1.32 bits per heavy atom. The second-order valence-electron chi connectivity index (χ2n) is 5.39. The van der Waals surface area contributed by atoms with Gasteiger partial charge in [-0.1, -0.05) is 0 Å². The fraction of sp³-hybridized carbons (Fsp3) is 0.643. The minimum absolute atomic E-state index is 0.165. The molecule has 1 N–H and O–H groups in total. The highest BCUT2D eigenvalue weighted by atomic mass is 16.2. The number of hydrogen-bond acceptors (Lipinski definition) is 4. The first kappa shape index (κ1) is 12.4. The quantitative estimate of drug-likeness (QED) is 0.891. The molecule has 2 fully saturated rings. The molecular formula is C14H20N4O. The van der Waals surface area contributed by atoms with Crippen LogP contribution in [-0.4, -0.2) is 29.0 Å². The van der Waals surface area contributed by atoms with Crippen molar-refractivity contribution in [1.29, 1.82) is 0 Å². The number of amides is 1. The number of nitrogens with one attached hydrogen (secondary N) is 1. The molecule has 2 heterocycles. The zero-order valence-corrected chi connectivity index (χ0v) is 11.1. The van der Waals surface area contributed by atoms with Gasteiger partial charge in [0.1, 0.15) is 0 Å². The van der Waals surface area contributed by atoms with Gasteiger partial charge >= 0.3 is 0 Å². The number of rotatable bonds is 4. The molecule has 1 aliphatic heterocycles. The number of anilines is 1. The third-order valence-electron chi connectivity index (χ3n) is 3.73. The van der Waals surface area contributed by atoms with E-state index in [1.165, 1.54) is 19.3 Å². The van der Waals surface area contributed by atoms with Crippen molar-refractivity contribution in [2.45, 2.75) is 38.6 Å². The largest absolute Gasteiger partial charge is 0.350 e. The smallest absolute Gasteiger partial charge is 0.225 e. The number of nitrogens with zero attached hydrogens (tertiary/aromatic N) is 3. The Bertz CT molecular complexity index is 453. The number of aromatic nitrogens is 2. The average Bonchev–Trinajstić information content (AvgIpc) is 3.31. The lowest BCUT2D eigenvalue weighted by molar-refractivity contribution is -0.122. The van der Waals surface area contributed by atoms with E-state index < -0.39 is 0 Å². The van der Waals surface area contributed by atoms with Crippen molar-refractivity contribution >= 4 is 11.9 Å². The lowest BCUT2D eigenvalue weighted by Crippen LogP contribution is -2.31. The normalized spacial score (nSPS) is 19.3. The molecule has 5 heteroatoms. The van der Waals surface area contributed by atoms with Gasteiger partial charge in [0, 0.05) is 25.2 Å². The maximum absolute atomic E-state index is 11.6. The number of piperidine rings is 1. The highest BCUT2D eigenvalue weighted by Gasteiger charge is 2.29. The Morgan fingerprint density at radius 3 is 2.84 bits per heavy atom. The first-order valence-corrected chi connectivity index (χ1v) is 7.17. The number of hydrogen-bond donors (Lipinski definition) is 1. The molecule has 0 bridgehead atoms. The summed E-state index contributed by atoms with van der Waals surface area (Å²) >= 11 is 0. The summed E-state index contributed by atoms with van der Waals surface area (Å²) < 4.78 is 0. The van der Waals surface area contributed by atoms with E-state index in [4.69, 9.17) is 0 Å². The van der Waals surface area contributed by atoms with E-state index in [9.17, 15) is 4.79 Å². The molecule has 2 aliphatic rings. The Hall–Kier alpha value is -1.65. The van der Waals surface area contributed by atoms with Crippen LogP contribution in [0.25, 0.3) is 0 Å². The van der Waals surface area contributed by atoms with E-state index in [0.29, 0.717) is 6.54 Å². The fourth-order valence-corrected chi connectivity index (χ4v) is 2.40. The molecule has 1 amide bonds. The molecule has 102 valence electrons. The molecule has 0 radical (unpaired) electrons. The van der Waals surface area contributed by atoms with Gasteiger partial charge in [0.25, 0.3) is 0 Å². The Morgan fingerprint density at radius 2 is 2.11 bits per heavy atom. The van der Waals surface area contributed by atoms with Crippen molar-refractivity contribution in [3.8, 4) is 0 Å². The Balaban J connectivity index is 1.60. The third-order valence-corrected chi connectivity index (χ3v) is 3.73. The molecule has 5 nitrogen and oxygen atoms in total. The topological polar surface area (TPSA) is 58.1 Å². The summed E-state index contributed by atoms with van der Waals surface area (Å²) in [5, 5.41) is 2.94. The summed E-state index contributed by atoms with van der Waals surface area (Å²) in [6.07, 6.45) is 7.59. The van der Waals surface area contributed by atoms with E-state index in [2.05, 4.69) is 20.2 Å². The Kier molecular flexibility index (Phi) is 3.62. The molecule has 1 aromatic heterocycles. The summed E-state index contributed by atoms with van der Waals surface area (Å²) in [5.41, 5.74) is 0.893. The lowest BCUT2D eigenvalue weighted by Gasteiger charge is -2.26. The van der Waals surface area contributed by atoms with Crippen LogP contribution in [0.3, 0.4) is 0 Å². The van der Waals surface area contributed by atoms with Crippen molar-refractivity contribution in [2.75, 3.05) is 18.0 Å². The zero-order valence-electron chi connectivity index (χ0n) is 11.1. The molecule has 1 saturated carbocycles. The molecule has 1 aliphatic carbocycles. The van der Waals surface area contributed by atoms with E-state index in [-0.39, 0.29) is 11.8 Å². The Labute approximate surface area is 113 Å². The van der Waals surface area contributed by atoms with Crippen molar-refractivity contribution in [3.63, 3.8) is 0 Å². The van der Waals surface area contributed by atoms with E-state index in [0.717, 1.165) is 37.6 Å². The summed E-state index contributed by atoms with van der Waals surface area (Å²) in [5.74, 6) is 1.22. The number of carbonyl (C=O) groups is 1. The molecule has 3 rings (SSSR count). The highest BCUT2D eigenvalue weighted by Crippen LogP contribution is 2.28. The summed E-state index contributed by atoms with van der Waals surface area (Å²) in [4.78, 5) is 22.7. The summed E-state index contributed by atoms with van der Waals surface area (Å²) in [6, 6.07) is 1.88. The molecule has 1 aromatic rings. The van der Waals surface area contributed by atoms with Gasteiger partial charge in [0.15, 0.2) is 0 Å². The minimum Gasteiger partial charge on any atom is -0.350 e. The van der Waals surface area contributed by atoms with Crippen LogP contribution in [0.2, 0.25) is 0 Å². The van der Waals surface area contributed by atoms with Crippen molar-refractivity contribution in [1.82, 2.24) is 15.3 Å². The fourth-order valence-electron chi connectivity index (χ4n) is 2.40. The second-order valence-corrected chi connectivity index (χ2v) is 5.39. The van der Waals surface area contributed by atoms with Gasteiger partial charge in [-0.25, -0.2) is 9.97 Å². The van der Waals surface area contributed by atoms with Gasteiger partial charge in [0.05, 0.1) is 12.2 Å². The van der Waals surface area contributed by atoms with Gasteiger partial charge in [0.2, 0.25) is 11.9 Å². The maximum atomic E-state index is 11.6. The van der Waals surface area contributed by atoms with E-state index in [1.54, 1.807) is 6.20 Å². The summed E-state index contributed by atoms with van der Waals surface area (Å²) in [6.45, 7) is 2.59. The molecule has 19 heavy (non-hydrogen) atoms. The van der Waals surface area contributed by atoms with Gasteiger partial charge < -0.3 is 10.2 Å². The predicted octanol–water partition coefficient (Wildman–Crippen LogP) is 1.49. The van der Waals surface area contributed by atoms with Crippen LogP contribution >= 0.6 is 0 Å². The van der Waals surface area contributed by atoms with Crippen LogP contribution in [0.1, 0.15) is 37.8 Å². The molecule has 0 atom stereocenters. The monoisotopic (exact) mass is 260 g/mol. The van der Waals surface area contributed by atoms with Crippen molar-refractivity contribution < 1.29 is 4.79 Å². The predicted molar refractivity (Wildman–Crippen MR) is 72.7 cm³/mol. The van der Waals surface area contributed by atoms with Crippen LogP contribution in [0.4, 0.5) is 5.95 Å². The second kappa shape index (κ2) is 5.55. The molecule has 0 aromatic carbocycles. The molecular weight excluding hydrogens is 240 g/mol. The van der Waals surface area contributed by atoms with E-state index in [1.807, 2.05) is 6.07 Å². The van der Waals surface area contributed by atoms with Gasteiger partial charge in [-0.3, -0.25) is 4.79 Å². The third kappa shape index (κ3) is 3.22. The minimum atomic E-state index is 0.165. The SMILES string of the molecule is O=C(NCc1ccnc(N2CCCCC2)n1)C1CC1. The van der Waals surface area contributed by atoms with Crippen LogP contribution in [0.15, 0.2) is 12.3 Å². The van der Waals surface area contributed by atoms with Crippen molar-refractivity contribution in [3.05, 3.63) is 18.0 Å². The van der Waals surface area contributed by atoms with E-state index >= 15 is 0 Å². The average molecular weight is 260 g/mol. The molecule has 0 spiro atoms. The van der Waals surface area contributed by atoms with Gasteiger partial charge in [-0.15, -0.1) is 0 Å². The van der Waals surface area contributed by atoms with Gasteiger partial charge in [-0.05, 0) is 38.2 Å². The first-order chi connectivity index (χ1) is 9.33. The van der Waals surface area contributed by atoms with Crippen LogP contribution in [0, 0.1) is 5.92 Å². The molecule has 1 saturated heterocycles. The van der Waals surface area contributed by atoms with Crippen LogP contribution < -0.4 is 10.2 Å². The molecule has 0 unspecified atom stereocenters. The van der Waals surface area contributed by atoms with Crippen LogP contribution in [-0.2, 0) is 11.3 Å². The number of carbonyl (C=O) groups excluding carboxylic acids is 1. The first-order valence-electron chi connectivity index (χ1n) is 7.17.